The molecule has 0 spiro atoms. The van der Waals surface area contributed by atoms with E-state index >= 15 is 0 Å². The molecule has 1 aromatic carbocycles. The molecule has 0 bridgehead atoms. The van der Waals surface area contributed by atoms with Gasteiger partial charge in [0.2, 0.25) is 5.91 Å². The van der Waals surface area contributed by atoms with Gasteiger partial charge in [-0.05, 0) is 44.0 Å². The Bertz CT molecular complexity index is 439. The molecule has 18 heavy (non-hydrogen) atoms. The van der Waals surface area contributed by atoms with Gasteiger partial charge in [0, 0.05) is 22.2 Å². The predicted octanol–water partition coefficient (Wildman–Crippen LogP) is 1.37. The molecule has 2 unspecified atom stereocenters. The van der Waals surface area contributed by atoms with E-state index in [1.54, 1.807) is 6.92 Å². The molecule has 0 aliphatic carbocycles. The van der Waals surface area contributed by atoms with Crippen molar-refractivity contribution >= 4 is 22.4 Å². The highest BCUT2D eigenvalue weighted by molar-refractivity contribution is 7.86. The fourth-order valence-corrected chi connectivity index (χ4v) is 2.51. The zero-order valence-electron chi connectivity index (χ0n) is 10.9. The summed E-state index contributed by atoms with van der Waals surface area (Å²) < 4.78 is 11.6. The largest absolute Gasteiger partial charge is 0.395 e. The third kappa shape index (κ3) is 4.23. The van der Waals surface area contributed by atoms with Gasteiger partial charge in [-0.3, -0.25) is 9.00 Å². The Hall–Kier alpha value is -1.20. The predicted molar refractivity (Wildman–Crippen MR) is 74.1 cm³/mol. The number of carbonyl (C=O) groups is 1. The number of aliphatic hydroxyl groups is 1. The molecule has 0 aromatic heterocycles. The SMILES string of the molecule is Cc1cc(C)cc(NC(=O)C(C)S(=O)CCO)c1. The highest BCUT2D eigenvalue weighted by Crippen LogP contribution is 2.14. The van der Waals surface area contributed by atoms with Crippen LogP contribution in [0.2, 0.25) is 0 Å². The van der Waals surface area contributed by atoms with Crippen LogP contribution < -0.4 is 5.32 Å². The molecule has 0 aliphatic rings. The van der Waals surface area contributed by atoms with Gasteiger partial charge in [0.1, 0.15) is 5.25 Å². The molecule has 5 heteroatoms. The van der Waals surface area contributed by atoms with Gasteiger partial charge >= 0.3 is 0 Å². The lowest BCUT2D eigenvalue weighted by Gasteiger charge is -2.12. The Morgan fingerprint density at radius 2 is 1.89 bits per heavy atom. The number of rotatable bonds is 5. The number of anilines is 1. The molecule has 2 N–H and O–H groups in total. The smallest absolute Gasteiger partial charge is 0.239 e. The van der Waals surface area contributed by atoms with Crippen molar-refractivity contribution in [1.82, 2.24) is 0 Å². The van der Waals surface area contributed by atoms with Gasteiger partial charge in [0.25, 0.3) is 0 Å². The minimum Gasteiger partial charge on any atom is -0.395 e. The second-order valence-electron chi connectivity index (χ2n) is 4.32. The van der Waals surface area contributed by atoms with Crippen LogP contribution in [0, 0.1) is 13.8 Å². The van der Waals surface area contributed by atoms with Crippen molar-refractivity contribution in [3.8, 4) is 0 Å². The summed E-state index contributed by atoms with van der Waals surface area (Å²) in [5, 5.41) is 10.8. The first kappa shape index (κ1) is 14.9. The van der Waals surface area contributed by atoms with Crippen LogP contribution in [0.1, 0.15) is 18.1 Å². The number of aliphatic hydroxyl groups excluding tert-OH is 1. The normalized spacial score (nSPS) is 14.0. The van der Waals surface area contributed by atoms with Gasteiger partial charge in [0.15, 0.2) is 0 Å². The van der Waals surface area contributed by atoms with Crippen LogP contribution in [-0.2, 0) is 15.6 Å². The molecule has 1 aromatic rings. The van der Waals surface area contributed by atoms with E-state index in [-0.39, 0.29) is 18.3 Å². The molecule has 0 saturated heterocycles. The topological polar surface area (TPSA) is 66.4 Å². The molecule has 1 amide bonds. The van der Waals surface area contributed by atoms with Crippen molar-refractivity contribution in [1.29, 1.82) is 0 Å². The lowest BCUT2D eigenvalue weighted by Crippen LogP contribution is -2.31. The summed E-state index contributed by atoms with van der Waals surface area (Å²) in [6, 6.07) is 5.75. The van der Waals surface area contributed by atoms with Gasteiger partial charge < -0.3 is 10.4 Å². The number of carbonyl (C=O) groups excluding carboxylic acids is 1. The van der Waals surface area contributed by atoms with Crippen LogP contribution in [0.3, 0.4) is 0 Å². The zero-order valence-corrected chi connectivity index (χ0v) is 11.7. The lowest BCUT2D eigenvalue weighted by molar-refractivity contribution is -0.115. The van der Waals surface area contributed by atoms with E-state index in [0.717, 1.165) is 11.1 Å². The molecule has 4 nitrogen and oxygen atoms in total. The van der Waals surface area contributed by atoms with Crippen molar-refractivity contribution in [3.05, 3.63) is 29.3 Å². The summed E-state index contributed by atoms with van der Waals surface area (Å²) in [5.74, 6) is -0.159. The summed E-state index contributed by atoms with van der Waals surface area (Å²) in [6.45, 7) is 5.34. The lowest BCUT2D eigenvalue weighted by atomic mass is 10.1. The first-order chi connectivity index (χ1) is 8.43. The van der Waals surface area contributed by atoms with Crippen molar-refractivity contribution in [2.45, 2.75) is 26.0 Å². The maximum Gasteiger partial charge on any atom is 0.239 e. The van der Waals surface area contributed by atoms with E-state index in [4.69, 9.17) is 5.11 Å². The van der Waals surface area contributed by atoms with E-state index in [9.17, 15) is 9.00 Å². The van der Waals surface area contributed by atoms with Crippen LogP contribution in [0.15, 0.2) is 18.2 Å². The summed E-state index contributed by atoms with van der Waals surface area (Å²) in [4.78, 5) is 11.9. The second-order valence-corrected chi connectivity index (χ2v) is 6.19. The van der Waals surface area contributed by atoms with E-state index in [2.05, 4.69) is 5.32 Å². The van der Waals surface area contributed by atoms with Crippen LogP contribution in [0.25, 0.3) is 0 Å². The summed E-state index contributed by atoms with van der Waals surface area (Å²) in [6.07, 6.45) is 0. The number of hydrogen-bond donors (Lipinski definition) is 2. The van der Waals surface area contributed by atoms with Gasteiger partial charge in [-0.25, -0.2) is 0 Å². The zero-order chi connectivity index (χ0) is 13.7. The van der Waals surface area contributed by atoms with Crippen molar-refractivity contribution < 1.29 is 14.1 Å². The molecule has 1 rings (SSSR count). The van der Waals surface area contributed by atoms with Gasteiger partial charge in [-0.15, -0.1) is 0 Å². The van der Waals surface area contributed by atoms with Crippen LogP contribution in [-0.4, -0.2) is 32.8 Å². The summed E-state index contributed by atoms with van der Waals surface area (Å²) >= 11 is 0. The van der Waals surface area contributed by atoms with Gasteiger partial charge in [0.05, 0.1) is 6.61 Å². The van der Waals surface area contributed by atoms with Crippen LogP contribution in [0.5, 0.6) is 0 Å². The standard InChI is InChI=1S/C13H19NO3S/c1-9-6-10(2)8-12(7-9)14-13(16)11(3)18(17)5-4-15/h6-8,11,15H,4-5H2,1-3H3,(H,14,16). The number of aryl methyl sites for hydroxylation is 2. The second kappa shape index (κ2) is 6.66. The number of benzene rings is 1. The van der Waals surface area contributed by atoms with Crippen LogP contribution in [0.4, 0.5) is 5.69 Å². The summed E-state index contributed by atoms with van der Waals surface area (Å²) in [7, 11) is -1.34. The maximum atomic E-state index is 11.9. The molecule has 0 fully saturated rings. The van der Waals surface area contributed by atoms with E-state index in [1.165, 1.54) is 0 Å². The minimum atomic E-state index is -1.34. The van der Waals surface area contributed by atoms with Gasteiger partial charge in [-0.1, -0.05) is 6.07 Å². The van der Waals surface area contributed by atoms with Crippen molar-refractivity contribution in [3.63, 3.8) is 0 Å². The molecule has 100 valence electrons. The average Bonchev–Trinajstić information content (AvgIpc) is 2.26. The Morgan fingerprint density at radius 1 is 1.33 bits per heavy atom. The fourth-order valence-electron chi connectivity index (χ4n) is 1.68. The average molecular weight is 269 g/mol. The molecule has 0 radical (unpaired) electrons. The molecule has 0 saturated carbocycles. The van der Waals surface area contributed by atoms with E-state index in [0.29, 0.717) is 5.69 Å². The highest BCUT2D eigenvalue weighted by Gasteiger charge is 2.19. The summed E-state index contributed by atoms with van der Waals surface area (Å²) in [5.41, 5.74) is 2.84. The minimum absolute atomic E-state index is 0.126. The highest BCUT2D eigenvalue weighted by atomic mass is 32.2. The first-order valence-electron chi connectivity index (χ1n) is 5.81. The van der Waals surface area contributed by atoms with Crippen LogP contribution >= 0.6 is 0 Å². The Balaban J connectivity index is 2.72. The quantitative estimate of drug-likeness (QED) is 0.848. The number of nitrogens with one attached hydrogen (secondary N) is 1. The molecular formula is C13H19NO3S. The number of amides is 1. The van der Waals surface area contributed by atoms with E-state index in [1.807, 2.05) is 32.0 Å². The maximum absolute atomic E-state index is 11.9. The third-order valence-corrected chi connectivity index (χ3v) is 4.13. The Kier molecular flexibility index (Phi) is 5.50. The van der Waals surface area contributed by atoms with Gasteiger partial charge in [-0.2, -0.15) is 0 Å². The van der Waals surface area contributed by atoms with Crippen molar-refractivity contribution in [2.75, 3.05) is 17.7 Å². The molecular weight excluding hydrogens is 250 g/mol. The number of hydrogen-bond acceptors (Lipinski definition) is 3. The fraction of sp³-hybridized carbons (Fsp3) is 0.462. The van der Waals surface area contributed by atoms with Crippen molar-refractivity contribution in [2.24, 2.45) is 0 Å². The third-order valence-electron chi connectivity index (χ3n) is 2.55. The Labute approximate surface area is 110 Å². The molecule has 0 heterocycles. The van der Waals surface area contributed by atoms with E-state index < -0.39 is 16.0 Å². The molecule has 0 aliphatic heterocycles. The molecule has 2 atom stereocenters. The Morgan fingerprint density at radius 3 is 2.39 bits per heavy atom. The first-order valence-corrected chi connectivity index (χ1v) is 7.19. The monoisotopic (exact) mass is 269 g/mol.